The number of carbonyl (C=O) groups excluding carboxylic acids is 2. The lowest BCUT2D eigenvalue weighted by Crippen LogP contribution is -2.38. The van der Waals surface area contributed by atoms with Gasteiger partial charge in [-0.15, -0.1) is 0 Å². The minimum absolute atomic E-state index is 0.120. The predicted molar refractivity (Wildman–Crippen MR) is 175 cm³/mol. The summed E-state index contributed by atoms with van der Waals surface area (Å²) in [6.07, 6.45) is 26.6. The highest BCUT2D eigenvalue weighted by atomic mass is 16.2. The van der Waals surface area contributed by atoms with Crippen LogP contribution in [0, 0.1) is 11.8 Å². The van der Waals surface area contributed by atoms with Gasteiger partial charge in [0.15, 0.2) is 0 Å². The maximum Gasteiger partial charge on any atom is 0.243 e. The highest BCUT2D eigenvalue weighted by molar-refractivity contribution is 5.80. The van der Waals surface area contributed by atoms with Gasteiger partial charge in [-0.2, -0.15) is 0 Å². The molecule has 0 saturated heterocycles. The summed E-state index contributed by atoms with van der Waals surface area (Å²) in [5.74, 6) is 1.48. The van der Waals surface area contributed by atoms with Gasteiger partial charge in [-0.3, -0.25) is 9.59 Å². The number of nitrogens with one attached hydrogen (secondary N) is 2. The number of rotatable bonds is 20. The summed E-state index contributed by atoms with van der Waals surface area (Å²) in [5, 5.41) is 6.49. The lowest BCUT2D eigenvalue weighted by atomic mass is 9.70. The van der Waals surface area contributed by atoms with Gasteiger partial charge >= 0.3 is 0 Å². The molecule has 3 unspecified atom stereocenters. The fraction of sp³-hybridized carbons (Fsp3) is 0.500. The summed E-state index contributed by atoms with van der Waals surface area (Å²) >= 11 is 0. The minimum atomic E-state index is -0.163. The first-order chi connectivity index (χ1) is 21.7. The standard InChI is InChI=1S/C36H50N6O2/c43-35(33(41-27-9-10-28-41)13-1-3-21-39-23-5-6-24-39)37-19-17-31-15-16-32(31)18-20-38-36(44)34(42-29-11-12-30-42)14-2-4-22-40-25-7-8-26-40/h5-12,23-34H,1-4,13-22H2,(H,37,43)(H,38,44)/t31?,32?,33-,34?/m0/s1. The van der Waals surface area contributed by atoms with E-state index in [2.05, 4.69) is 68.8 Å². The maximum absolute atomic E-state index is 13.2. The zero-order chi connectivity index (χ0) is 30.4. The zero-order valence-corrected chi connectivity index (χ0v) is 26.1. The molecule has 4 heterocycles. The Morgan fingerprint density at radius 1 is 0.545 bits per heavy atom. The van der Waals surface area contributed by atoms with Crippen molar-refractivity contribution in [2.45, 2.75) is 89.4 Å². The monoisotopic (exact) mass is 598 g/mol. The van der Waals surface area contributed by atoms with Crippen LogP contribution in [0.5, 0.6) is 0 Å². The molecular weight excluding hydrogens is 548 g/mol. The van der Waals surface area contributed by atoms with Gasteiger partial charge in [0.1, 0.15) is 12.1 Å². The van der Waals surface area contributed by atoms with Crippen LogP contribution in [0.25, 0.3) is 0 Å². The van der Waals surface area contributed by atoms with Crippen LogP contribution in [0.4, 0.5) is 0 Å². The smallest absolute Gasteiger partial charge is 0.243 e. The molecule has 4 aromatic rings. The number of aromatic nitrogens is 4. The van der Waals surface area contributed by atoms with E-state index in [-0.39, 0.29) is 23.9 Å². The molecule has 1 fully saturated rings. The van der Waals surface area contributed by atoms with Gasteiger partial charge < -0.3 is 28.9 Å². The van der Waals surface area contributed by atoms with Crippen molar-refractivity contribution >= 4 is 11.8 Å². The highest BCUT2D eigenvalue weighted by Crippen LogP contribution is 2.38. The molecule has 8 nitrogen and oxygen atoms in total. The molecule has 4 atom stereocenters. The Balaban J connectivity index is 0.994. The Morgan fingerprint density at radius 2 is 0.909 bits per heavy atom. The molecule has 4 aromatic heterocycles. The van der Waals surface area contributed by atoms with Gasteiger partial charge in [0.2, 0.25) is 11.8 Å². The molecule has 1 aliphatic carbocycles. The number of hydrogen-bond acceptors (Lipinski definition) is 2. The summed E-state index contributed by atoms with van der Waals surface area (Å²) in [7, 11) is 0. The molecule has 44 heavy (non-hydrogen) atoms. The second-order valence-corrected chi connectivity index (χ2v) is 12.4. The third-order valence-electron chi connectivity index (χ3n) is 9.40. The van der Waals surface area contributed by atoms with Crippen molar-refractivity contribution in [3.8, 4) is 0 Å². The molecule has 1 aliphatic rings. The second-order valence-electron chi connectivity index (χ2n) is 12.4. The summed E-state index contributed by atoms with van der Waals surface area (Å²) in [4.78, 5) is 26.4. The Labute approximate surface area is 262 Å². The van der Waals surface area contributed by atoms with E-state index in [9.17, 15) is 9.59 Å². The molecule has 1 saturated carbocycles. The molecule has 0 radical (unpaired) electrons. The van der Waals surface area contributed by atoms with Crippen LogP contribution < -0.4 is 10.6 Å². The molecular formula is C36H50N6O2. The Hall–Kier alpha value is -3.94. The Bertz CT molecular complexity index is 1220. The summed E-state index contributed by atoms with van der Waals surface area (Å²) in [6.45, 7) is 3.40. The first-order valence-corrected chi connectivity index (χ1v) is 16.7. The van der Waals surface area contributed by atoms with Crippen LogP contribution >= 0.6 is 0 Å². The highest BCUT2D eigenvalue weighted by Gasteiger charge is 2.30. The molecule has 2 N–H and O–H groups in total. The molecule has 2 amide bonds. The normalized spacial score (nSPS) is 17.5. The van der Waals surface area contributed by atoms with E-state index in [0.29, 0.717) is 24.9 Å². The van der Waals surface area contributed by atoms with Crippen LogP contribution in [-0.4, -0.2) is 43.2 Å². The maximum atomic E-state index is 13.2. The van der Waals surface area contributed by atoms with Crippen LogP contribution in [0.2, 0.25) is 0 Å². The topological polar surface area (TPSA) is 77.9 Å². The van der Waals surface area contributed by atoms with Gasteiger partial charge in [-0.25, -0.2) is 0 Å². The van der Waals surface area contributed by atoms with E-state index < -0.39 is 0 Å². The van der Waals surface area contributed by atoms with E-state index in [1.807, 2.05) is 58.2 Å². The number of nitrogens with zero attached hydrogens (tertiary/aromatic N) is 4. The molecule has 0 bridgehead atoms. The second kappa shape index (κ2) is 16.8. The van der Waals surface area contributed by atoms with Crippen molar-refractivity contribution in [2.75, 3.05) is 13.1 Å². The van der Waals surface area contributed by atoms with Crippen LogP contribution in [0.3, 0.4) is 0 Å². The zero-order valence-electron chi connectivity index (χ0n) is 26.1. The summed E-state index contributed by atoms with van der Waals surface area (Å²) < 4.78 is 8.48. The van der Waals surface area contributed by atoms with E-state index in [0.717, 1.165) is 64.5 Å². The van der Waals surface area contributed by atoms with E-state index in [4.69, 9.17) is 0 Å². The SMILES string of the molecule is O=C(NCCC1CCC1CCNC(=O)[C@H](CCCCn1cccc1)n1cccc1)C(CCCCn1cccc1)n1cccc1. The van der Waals surface area contributed by atoms with Crippen molar-refractivity contribution in [1.29, 1.82) is 0 Å². The Morgan fingerprint density at radius 3 is 1.27 bits per heavy atom. The average Bonchev–Trinajstić information content (AvgIpc) is 3.85. The largest absolute Gasteiger partial charge is 0.354 e. The molecule has 0 aromatic carbocycles. The number of carbonyl (C=O) groups is 2. The molecule has 0 spiro atoms. The van der Waals surface area contributed by atoms with Crippen LogP contribution in [-0.2, 0) is 22.7 Å². The molecule has 0 aliphatic heterocycles. The van der Waals surface area contributed by atoms with E-state index in [1.165, 1.54) is 12.8 Å². The summed E-state index contributed by atoms with van der Waals surface area (Å²) in [6, 6.07) is 15.8. The summed E-state index contributed by atoms with van der Waals surface area (Å²) in [5.41, 5.74) is 0. The fourth-order valence-corrected chi connectivity index (χ4v) is 6.64. The van der Waals surface area contributed by atoms with Crippen LogP contribution in [0.1, 0.15) is 76.3 Å². The van der Waals surface area contributed by atoms with Crippen molar-refractivity contribution in [2.24, 2.45) is 11.8 Å². The van der Waals surface area contributed by atoms with E-state index in [1.54, 1.807) is 0 Å². The van der Waals surface area contributed by atoms with Crippen LogP contribution in [0.15, 0.2) is 98.1 Å². The number of unbranched alkanes of at least 4 members (excludes halogenated alkanes) is 2. The van der Waals surface area contributed by atoms with Gasteiger partial charge in [-0.05, 0) is 125 Å². The van der Waals surface area contributed by atoms with Gasteiger partial charge in [0, 0.05) is 75.8 Å². The fourth-order valence-electron chi connectivity index (χ4n) is 6.64. The van der Waals surface area contributed by atoms with Crippen molar-refractivity contribution in [1.82, 2.24) is 28.9 Å². The quantitative estimate of drug-likeness (QED) is 0.115. The Kier molecular flexibility index (Phi) is 12.0. The number of aryl methyl sites for hydroxylation is 2. The minimum Gasteiger partial charge on any atom is -0.354 e. The number of hydrogen-bond donors (Lipinski definition) is 2. The van der Waals surface area contributed by atoms with Crippen molar-refractivity contribution < 1.29 is 9.59 Å². The number of amides is 2. The first-order valence-electron chi connectivity index (χ1n) is 16.7. The average molecular weight is 599 g/mol. The van der Waals surface area contributed by atoms with Crippen molar-refractivity contribution in [3.05, 3.63) is 98.1 Å². The van der Waals surface area contributed by atoms with Gasteiger partial charge in [-0.1, -0.05) is 0 Å². The third-order valence-corrected chi connectivity index (χ3v) is 9.40. The predicted octanol–water partition coefficient (Wildman–Crippen LogP) is 6.45. The molecule has 5 rings (SSSR count). The molecule has 8 heteroatoms. The van der Waals surface area contributed by atoms with E-state index >= 15 is 0 Å². The van der Waals surface area contributed by atoms with Gasteiger partial charge in [0.25, 0.3) is 0 Å². The first kappa shape index (κ1) is 31.5. The van der Waals surface area contributed by atoms with Crippen molar-refractivity contribution in [3.63, 3.8) is 0 Å². The lowest BCUT2D eigenvalue weighted by Gasteiger charge is -2.37. The third kappa shape index (κ3) is 9.28. The lowest BCUT2D eigenvalue weighted by molar-refractivity contribution is -0.125. The molecule has 236 valence electrons. The van der Waals surface area contributed by atoms with Gasteiger partial charge in [0.05, 0.1) is 0 Å².